The van der Waals surface area contributed by atoms with E-state index in [9.17, 15) is 0 Å². The number of aliphatic carboxylic acids is 2. The third kappa shape index (κ3) is 59.3. The van der Waals surface area contributed by atoms with Crippen molar-refractivity contribution in [1.29, 1.82) is 0 Å². The molecule has 0 aliphatic carbocycles. The van der Waals surface area contributed by atoms with Gasteiger partial charge in [0.2, 0.25) is 0 Å². The van der Waals surface area contributed by atoms with Crippen LogP contribution in [-0.2, 0) is 34.1 Å². The van der Waals surface area contributed by atoms with Gasteiger partial charge in [0.15, 0.2) is 0 Å². The molecule has 0 aromatic carbocycles. The second-order valence-corrected chi connectivity index (χ2v) is 2.24. The second-order valence-electron chi connectivity index (χ2n) is 1.01. The molecular formula is C2H5KMnNaO8. The monoisotopic (exact) mass is 274 g/mol. The van der Waals surface area contributed by atoms with E-state index in [0.717, 1.165) is 0 Å². The van der Waals surface area contributed by atoms with Crippen molar-refractivity contribution in [2.45, 2.75) is 0 Å². The zero-order valence-corrected chi connectivity index (χ0v) is 13.1. The molecule has 0 aliphatic heterocycles. The van der Waals surface area contributed by atoms with Gasteiger partial charge in [0.05, 0.1) is 0 Å². The number of carbonyl (C=O) groups is 2. The minimum atomic E-state index is -5.38. The zero-order valence-electron chi connectivity index (χ0n) is 8.76. The number of hydrogen-bond donors (Lipinski definition) is 3. The third-order valence-electron chi connectivity index (χ3n) is 0.183. The molecule has 0 saturated carbocycles. The van der Waals surface area contributed by atoms with Crippen LogP contribution in [0.2, 0.25) is 0 Å². The Bertz CT molecular complexity index is 280. The molecule has 0 aromatic rings. The SMILES string of the molecule is O=C(O)C(=O)O.[H-].[H-].[K+].[Na+].[O]=[Mn](=[O])(=[O])[OH]. The predicted molar refractivity (Wildman–Crippen MR) is 21.8 cm³/mol. The fourth-order valence-electron chi connectivity index (χ4n) is 0. The number of hydrogen-bond acceptors (Lipinski definition) is 5. The van der Waals surface area contributed by atoms with Crippen LogP contribution in [-0.4, -0.2) is 26.3 Å². The van der Waals surface area contributed by atoms with Crippen LogP contribution in [0.4, 0.5) is 0 Å². The van der Waals surface area contributed by atoms with Crippen LogP contribution in [0.3, 0.4) is 0 Å². The van der Waals surface area contributed by atoms with E-state index >= 15 is 0 Å². The molecule has 0 spiro atoms. The standard InChI is InChI=1S/C2H2O4.K.Mn.Na.H2O.3O.2H/c3-1(4)2(5)6;;;;;;;;;/h(H,3,4)(H,5,6);;;;1H2;;;;;/q;3*+1;;;;;2*-1/p-1. The Kier molecular flexibility index (Phi) is 21.2. The molecule has 11 heteroatoms. The number of rotatable bonds is 0. The second kappa shape index (κ2) is 11.5. The molecule has 0 heterocycles. The molecule has 0 bridgehead atoms. The summed E-state index contributed by atoms with van der Waals surface area (Å²) in [6.07, 6.45) is 0. The van der Waals surface area contributed by atoms with Gasteiger partial charge in [-0.25, -0.2) is 9.59 Å². The number of carboxylic acid groups (broad SMARTS) is 2. The van der Waals surface area contributed by atoms with Crippen molar-refractivity contribution in [2.75, 3.05) is 0 Å². The molecule has 0 amide bonds. The quantitative estimate of drug-likeness (QED) is 0.291. The van der Waals surface area contributed by atoms with Gasteiger partial charge in [-0.1, -0.05) is 0 Å². The van der Waals surface area contributed by atoms with Gasteiger partial charge in [-0.05, 0) is 0 Å². The predicted octanol–water partition coefficient (Wildman–Crippen LogP) is -7.53. The third-order valence-corrected chi connectivity index (χ3v) is 0.183. The summed E-state index contributed by atoms with van der Waals surface area (Å²) in [4.78, 5) is 18.2. The van der Waals surface area contributed by atoms with Gasteiger partial charge in [-0.3, -0.25) is 0 Å². The molecule has 8 nitrogen and oxygen atoms in total. The fraction of sp³-hybridized carbons (Fsp3) is 0. The first kappa shape index (κ1) is 23.9. The van der Waals surface area contributed by atoms with Crippen LogP contribution in [0.5, 0.6) is 0 Å². The summed E-state index contributed by atoms with van der Waals surface area (Å²) in [5.74, 6) is -3.65. The Hall–Kier alpha value is 1.46. The maximum atomic E-state index is 9.10. The van der Waals surface area contributed by atoms with Gasteiger partial charge in [-0.2, -0.15) is 0 Å². The Balaban J connectivity index is -0.0000000215. The Morgan fingerprint density at radius 2 is 1.08 bits per heavy atom. The number of carboxylic acids is 2. The molecule has 0 fully saturated rings. The molecule has 0 unspecified atom stereocenters. The average Bonchev–Trinajstić information content (AvgIpc) is 1.59. The molecule has 0 atom stereocenters. The Labute approximate surface area is 142 Å². The normalized spacial score (nSPS) is 7.77. The Morgan fingerprint density at radius 3 is 1.08 bits per heavy atom. The van der Waals surface area contributed by atoms with E-state index < -0.39 is 24.9 Å². The van der Waals surface area contributed by atoms with Crippen molar-refractivity contribution < 1.29 is 132 Å². The molecule has 70 valence electrons. The van der Waals surface area contributed by atoms with Crippen LogP contribution in [0.15, 0.2) is 0 Å². The van der Waals surface area contributed by atoms with Gasteiger partial charge in [-0.15, -0.1) is 0 Å². The maximum absolute atomic E-state index is 9.10. The van der Waals surface area contributed by atoms with Gasteiger partial charge in [0.25, 0.3) is 0 Å². The van der Waals surface area contributed by atoms with E-state index in [4.69, 9.17) is 35.5 Å². The summed E-state index contributed by atoms with van der Waals surface area (Å²) in [7, 11) is 0. The summed E-state index contributed by atoms with van der Waals surface area (Å²) in [6.45, 7) is 0. The van der Waals surface area contributed by atoms with Crippen molar-refractivity contribution in [2.24, 2.45) is 0 Å². The van der Waals surface area contributed by atoms with Crippen LogP contribution < -0.4 is 80.9 Å². The molecule has 0 aliphatic rings. The van der Waals surface area contributed by atoms with E-state index in [1.165, 1.54) is 0 Å². The van der Waals surface area contributed by atoms with Crippen molar-refractivity contribution >= 4 is 11.9 Å². The van der Waals surface area contributed by atoms with Crippen molar-refractivity contribution in [1.82, 2.24) is 0 Å². The minimum absolute atomic E-state index is 0. The molecule has 13 heavy (non-hydrogen) atoms. The van der Waals surface area contributed by atoms with Gasteiger partial charge >= 0.3 is 122 Å². The van der Waals surface area contributed by atoms with E-state index in [1.807, 2.05) is 0 Å². The Morgan fingerprint density at radius 1 is 1.00 bits per heavy atom. The van der Waals surface area contributed by atoms with E-state index in [2.05, 4.69) is 0 Å². The summed E-state index contributed by atoms with van der Waals surface area (Å²) in [6, 6.07) is 0. The molecule has 0 radical (unpaired) electrons. The van der Waals surface area contributed by atoms with Gasteiger partial charge in [0, 0.05) is 0 Å². The summed E-state index contributed by atoms with van der Waals surface area (Å²) in [5.41, 5.74) is 0. The summed E-state index contributed by atoms with van der Waals surface area (Å²) in [5, 5.41) is 14.8. The van der Waals surface area contributed by atoms with E-state index in [1.54, 1.807) is 0 Å². The topological polar surface area (TPSA) is 146 Å². The fourth-order valence-corrected chi connectivity index (χ4v) is 0. The summed E-state index contributed by atoms with van der Waals surface area (Å²) >= 11 is -5.38. The van der Waals surface area contributed by atoms with E-state index in [-0.39, 0.29) is 83.8 Å². The van der Waals surface area contributed by atoms with Crippen molar-refractivity contribution in [3.8, 4) is 0 Å². The first-order valence-corrected chi connectivity index (χ1v) is 3.71. The molecule has 3 N–H and O–H groups in total. The van der Waals surface area contributed by atoms with Crippen LogP contribution >= 0.6 is 0 Å². The van der Waals surface area contributed by atoms with Crippen LogP contribution in [0.1, 0.15) is 2.85 Å². The molecular weight excluding hydrogens is 269 g/mol. The van der Waals surface area contributed by atoms with Gasteiger partial charge < -0.3 is 13.1 Å². The first-order chi connectivity index (χ1) is 4.64. The molecule has 0 saturated heterocycles. The van der Waals surface area contributed by atoms with Crippen LogP contribution in [0.25, 0.3) is 0 Å². The molecule has 0 aromatic heterocycles. The summed E-state index contributed by atoms with van der Waals surface area (Å²) < 4.78 is 33.1. The van der Waals surface area contributed by atoms with Crippen LogP contribution in [0, 0.1) is 0 Å². The van der Waals surface area contributed by atoms with Crippen molar-refractivity contribution in [3.63, 3.8) is 0 Å². The van der Waals surface area contributed by atoms with E-state index in [0.29, 0.717) is 0 Å². The van der Waals surface area contributed by atoms with Gasteiger partial charge in [0.1, 0.15) is 0 Å². The average molecular weight is 274 g/mol. The molecule has 0 rings (SSSR count). The first-order valence-electron chi connectivity index (χ1n) is 1.74. The zero-order chi connectivity index (χ0) is 9.65. The van der Waals surface area contributed by atoms with Crippen molar-refractivity contribution in [3.05, 3.63) is 0 Å².